The first-order chi connectivity index (χ1) is 9.11. The lowest BCUT2D eigenvalue weighted by atomic mass is 10.2. The molecule has 1 amide bonds. The largest absolute Gasteiger partial charge is 0.368 e. The molecule has 0 aromatic heterocycles. The lowest BCUT2D eigenvalue weighted by molar-refractivity contribution is -0.384. The number of nitrogens with zero attached hydrogens (tertiary/aromatic N) is 3. The highest BCUT2D eigenvalue weighted by atomic mass is 79.9. The number of alkyl halides is 1. The Morgan fingerprint density at radius 2 is 2.00 bits per heavy atom. The average molecular weight is 328 g/mol. The summed E-state index contributed by atoms with van der Waals surface area (Å²) in [6, 6.07) is 6.59. The van der Waals surface area contributed by atoms with Gasteiger partial charge in [-0.25, -0.2) is 0 Å². The Balaban J connectivity index is 2.03. The minimum absolute atomic E-state index is 0.0821. The van der Waals surface area contributed by atoms with Gasteiger partial charge >= 0.3 is 0 Å². The van der Waals surface area contributed by atoms with Crippen LogP contribution in [0.5, 0.6) is 0 Å². The molecular weight excluding hydrogens is 314 g/mol. The maximum atomic E-state index is 11.5. The van der Waals surface area contributed by atoms with Gasteiger partial charge in [0.15, 0.2) is 0 Å². The molecule has 102 valence electrons. The van der Waals surface area contributed by atoms with Crippen LogP contribution in [0.2, 0.25) is 0 Å². The summed E-state index contributed by atoms with van der Waals surface area (Å²) in [6.45, 7) is 2.68. The number of amides is 1. The number of piperazine rings is 1. The molecule has 0 atom stereocenters. The molecule has 1 saturated heterocycles. The summed E-state index contributed by atoms with van der Waals surface area (Å²) in [6.07, 6.45) is 0. The number of halogens is 1. The van der Waals surface area contributed by atoms with Gasteiger partial charge in [0.25, 0.3) is 5.69 Å². The van der Waals surface area contributed by atoms with Crippen molar-refractivity contribution in [2.45, 2.75) is 0 Å². The van der Waals surface area contributed by atoms with Gasteiger partial charge in [-0.15, -0.1) is 0 Å². The van der Waals surface area contributed by atoms with E-state index in [1.54, 1.807) is 17.0 Å². The Kier molecular flexibility index (Phi) is 4.36. The first-order valence-electron chi connectivity index (χ1n) is 5.95. The Bertz CT molecular complexity index is 487. The number of anilines is 1. The third-order valence-corrected chi connectivity index (χ3v) is 3.63. The fourth-order valence-electron chi connectivity index (χ4n) is 2.10. The van der Waals surface area contributed by atoms with Crippen molar-refractivity contribution >= 4 is 33.2 Å². The van der Waals surface area contributed by atoms with Gasteiger partial charge in [-0.1, -0.05) is 22.0 Å². The summed E-state index contributed by atoms with van der Waals surface area (Å²) < 4.78 is 0. The van der Waals surface area contributed by atoms with Crippen molar-refractivity contribution in [3.05, 3.63) is 34.4 Å². The van der Waals surface area contributed by atoms with Gasteiger partial charge in [-0.2, -0.15) is 0 Å². The second-order valence-electron chi connectivity index (χ2n) is 4.28. The van der Waals surface area contributed by atoms with Gasteiger partial charge in [-0.05, 0) is 6.07 Å². The summed E-state index contributed by atoms with van der Waals surface area (Å²) >= 11 is 3.16. The van der Waals surface area contributed by atoms with Crippen molar-refractivity contribution in [3.63, 3.8) is 0 Å². The third-order valence-electron chi connectivity index (χ3n) is 3.15. The lowest BCUT2D eigenvalue weighted by Gasteiger charge is -2.35. The quantitative estimate of drug-likeness (QED) is 0.481. The Morgan fingerprint density at radius 3 is 2.58 bits per heavy atom. The van der Waals surface area contributed by atoms with Gasteiger partial charge in [-0.3, -0.25) is 14.9 Å². The standard InChI is InChI=1S/C12H14BrN3O3/c13-9-12(17)15-6-4-14(5-7-15)10-2-1-3-11(8-10)16(18)19/h1-3,8H,4-7,9H2. The normalized spacial score (nSPS) is 15.4. The van der Waals surface area contributed by atoms with Crippen LogP contribution in [0.4, 0.5) is 11.4 Å². The summed E-state index contributed by atoms with van der Waals surface area (Å²) in [5.74, 6) is 0.0821. The molecule has 0 unspecified atom stereocenters. The van der Waals surface area contributed by atoms with Crippen LogP contribution >= 0.6 is 15.9 Å². The van der Waals surface area contributed by atoms with E-state index in [9.17, 15) is 14.9 Å². The van der Waals surface area contributed by atoms with Crippen molar-refractivity contribution in [1.82, 2.24) is 4.90 Å². The van der Waals surface area contributed by atoms with E-state index >= 15 is 0 Å². The molecule has 1 heterocycles. The molecule has 19 heavy (non-hydrogen) atoms. The van der Waals surface area contributed by atoms with Gasteiger partial charge in [0.2, 0.25) is 5.91 Å². The monoisotopic (exact) mass is 327 g/mol. The first kappa shape index (κ1) is 13.8. The van der Waals surface area contributed by atoms with E-state index in [0.29, 0.717) is 31.5 Å². The molecule has 6 nitrogen and oxygen atoms in total. The molecule has 0 N–H and O–H groups in total. The predicted molar refractivity (Wildman–Crippen MR) is 75.7 cm³/mol. The van der Waals surface area contributed by atoms with E-state index < -0.39 is 4.92 Å². The molecule has 0 spiro atoms. The van der Waals surface area contributed by atoms with Crippen LogP contribution in [0.25, 0.3) is 0 Å². The summed E-state index contributed by atoms with van der Waals surface area (Å²) in [4.78, 5) is 25.7. The Labute approximate surface area is 119 Å². The van der Waals surface area contributed by atoms with Crippen LogP contribution in [-0.4, -0.2) is 47.2 Å². The Hall–Kier alpha value is -1.63. The number of benzene rings is 1. The van der Waals surface area contributed by atoms with Crippen molar-refractivity contribution in [2.24, 2.45) is 0 Å². The highest BCUT2D eigenvalue weighted by Crippen LogP contribution is 2.22. The number of nitro groups is 1. The fourth-order valence-corrected chi connectivity index (χ4v) is 2.46. The van der Waals surface area contributed by atoms with Crippen LogP contribution in [0.1, 0.15) is 0 Å². The number of rotatable bonds is 3. The van der Waals surface area contributed by atoms with Gasteiger partial charge < -0.3 is 9.80 Å². The van der Waals surface area contributed by atoms with Gasteiger partial charge in [0.05, 0.1) is 10.3 Å². The molecule has 0 radical (unpaired) electrons. The van der Waals surface area contributed by atoms with Gasteiger partial charge in [0, 0.05) is 44.0 Å². The van der Waals surface area contributed by atoms with E-state index in [1.165, 1.54) is 6.07 Å². The van der Waals surface area contributed by atoms with Crippen LogP contribution in [0.15, 0.2) is 24.3 Å². The minimum atomic E-state index is -0.395. The number of hydrogen-bond donors (Lipinski definition) is 0. The number of non-ortho nitro benzene ring substituents is 1. The second-order valence-corrected chi connectivity index (χ2v) is 4.84. The zero-order valence-electron chi connectivity index (χ0n) is 10.3. The molecule has 0 aliphatic carbocycles. The molecule has 1 aliphatic heterocycles. The van der Waals surface area contributed by atoms with E-state index in [2.05, 4.69) is 20.8 Å². The molecule has 2 rings (SSSR count). The van der Waals surface area contributed by atoms with Crippen LogP contribution in [0, 0.1) is 10.1 Å². The molecule has 0 bridgehead atoms. The molecule has 1 aromatic rings. The van der Waals surface area contributed by atoms with E-state index in [1.807, 2.05) is 6.07 Å². The maximum Gasteiger partial charge on any atom is 0.271 e. The van der Waals surface area contributed by atoms with Crippen molar-refractivity contribution in [1.29, 1.82) is 0 Å². The van der Waals surface area contributed by atoms with Crippen LogP contribution < -0.4 is 4.90 Å². The van der Waals surface area contributed by atoms with Crippen LogP contribution in [0.3, 0.4) is 0 Å². The average Bonchev–Trinajstić information content (AvgIpc) is 2.46. The molecule has 1 aliphatic rings. The van der Waals surface area contributed by atoms with Crippen LogP contribution in [-0.2, 0) is 4.79 Å². The number of carbonyl (C=O) groups excluding carboxylic acids is 1. The Morgan fingerprint density at radius 1 is 1.32 bits per heavy atom. The van der Waals surface area contributed by atoms with Crippen molar-refractivity contribution < 1.29 is 9.72 Å². The molecule has 1 fully saturated rings. The smallest absolute Gasteiger partial charge is 0.271 e. The predicted octanol–water partition coefficient (Wildman–Crippen LogP) is 1.64. The van der Waals surface area contributed by atoms with E-state index in [4.69, 9.17) is 0 Å². The number of hydrogen-bond acceptors (Lipinski definition) is 4. The molecule has 7 heteroatoms. The maximum absolute atomic E-state index is 11.5. The van der Waals surface area contributed by atoms with Crippen molar-refractivity contribution in [2.75, 3.05) is 36.4 Å². The molecule has 1 aromatic carbocycles. The number of nitro benzene ring substituents is 1. The zero-order chi connectivity index (χ0) is 13.8. The summed E-state index contributed by atoms with van der Waals surface area (Å²) in [5.41, 5.74) is 0.927. The highest BCUT2D eigenvalue weighted by Gasteiger charge is 2.21. The third kappa shape index (κ3) is 3.23. The van der Waals surface area contributed by atoms with Crippen molar-refractivity contribution in [3.8, 4) is 0 Å². The summed E-state index contributed by atoms with van der Waals surface area (Å²) in [7, 11) is 0. The van der Waals surface area contributed by atoms with Gasteiger partial charge in [0.1, 0.15) is 0 Å². The first-order valence-corrected chi connectivity index (χ1v) is 7.07. The SMILES string of the molecule is O=C(CBr)N1CCN(c2cccc([N+](=O)[O-])c2)CC1. The zero-order valence-corrected chi connectivity index (χ0v) is 11.9. The fraction of sp³-hybridized carbons (Fsp3) is 0.417. The van der Waals surface area contributed by atoms with E-state index in [0.717, 1.165) is 5.69 Å². The van der Waals surface area contributed by atoms with E-state index in [-0.39, 0.29) is 11.6 Å². The second kappa shape index (κ2) is 6.01. The number of carbonyl (C=O) groups is 1. The summed E-state index contributed by atoms with van der Waals surface area (Å²) in [5, 5.41) is 11.1. The highest BCUT2D eigenvalue weighted by molar-refractivity contribution is 9.09. The molecule has 0 saturated carbocycles. The lowest BCUT2D eigenvalue weighted by Crippen LogP contribution is -2.49. The topological polar surface area (TPSA) is 66.7 Å². The molecular formula is C12H14BrN3O3. The minimum Gasteiger partial charge on any atom is -0.368 e.